The smallest absolute Gasteiger partial charge is 0.312 e. The maximum absolute atomic E-state index is 12.0. The van der Waals surface area contributed by atoms with Gasteiger partial charge in [-0.05, 0) is 12.8 Å². The van der Waals surface area contributed by atoms with Gasteiger partial charge in [0.05, 0.1) is 12.5 Å². The number of alkyl halides is 3. The fraction of sp³-hybridized carbons (Fsp3) is 0.900. The molecular formula is C10H18F3N3. The van der Waals surface area contributed by atoms with Crippen molar-refractivity contribution in [3.05, 3.63) is 0 Å². The summed E-state index contributed by atoms with van der Waals surface area (Å²) in [6.07, 6.45) is 0.133. The topological polar surface area (TPSA) is 50.4 Å². The zero-order valence-corrected chi connectivity index (χ0v) is 9.19. The van der Waals surface area contributed by atoms with Crippen LogP contribution in [0, 0.1) is 0 Å². The Kier molecular flexibility index (Phi) is 5.05. The first-order chi connectivity index (χ1) is 7.51. The Labute approximate surface area is 93.3 Å². The summed E-state index contributed by atoms with van der Waals surface area (Å²) in [5, 5.41) is 0. The summed E-state index contributed by atoms with van der Waals surface area (Å²) in [6.45, 7) is 0. The van der Waals surface area contributed by atoms with E-state index in [1.165, 1.54) is 6.42 Å². The molecule has 1 aliphatic rings. The van der Waals surface area contributed by atoms with Gasteiger partial charge in [0.1, 0.15) is 5.84 Å². The van der Waals surface area contributed by atoms with E-state index in [-0.39, 0.29) is 18.3 Å². The average Bonchev–Trinajstić information content (AvgIpc) is 2.24. The van der Waals surface area contributed by atoms with Gasteiger partial charge in [0, 0.05) is 6.42 Å². The normalized spacial score (nSPS) is 19.9. The minimum Gasteiger partial charge on any atom is -0.312 e. The summed E-state index contributed by atoms with van der Waals surface area (Å²) in [4.78, 5) is 4.24. The van der Waals surface area contributed by atoms with Crippen molar-refractivity contribution in [2.45, 2.75) is 57.2 Å². The molecule has 0 radical (unpaired) electrons. The van der Waals surface area contributed by atoms with Crippen molar-refractivity contribution in [1.29, 1.82) is 0 Å². The minimum atomic E-state index is -4.15. The van der Waals surface area contributed by atoms with Gasteiger partial charge in [-0.3, -0.25) is 4.99 Å². The first-order valence-electron chi connectivity index (χ1n) is 5.61. The van der Waals surface area contributed by atoms with Crippen LogP contribution in [0.4, 0.5) is 13.2 Å². The summed E-state index contributed by atoms with van der Waals surface area (Å²) < 4.78 is 36.0. The van der Waals surface area contributed by atoms with Crippen LogP contribution < -0.4 is 11.3 Å². The number of amidine groups is 1. The highest BCUT2D eigenvalue weighted by Crippen LogP contribution is 2.23. The predicted octanol–water partition coefficient (Wildman–Crippen LogP) is 2.52. The van der Waals surface area contributed by atoms with Gasteiger partial charge in [-0.2, -0.15) is 13.2 Å². The molecule has 3 N–H and O–H groups in total. The van der Waals surface area contributed by atoms with Gasteiger partial charge in [0.2, 0.25) is 0 Å². The number of hydrogen-bond acceptors (Lipinski definition) is 2. The van der Waals surface area contributed by atoms with Crippen molar-refractivity contribution < 1.29 is 13.2 Å². The van der Waals surface area contributed by atoms with Gasteiger partial charge in [-0.25, -0.2) is 5.84 Å². The van der Waals surface area contributed by atoms with Crippen molar-refractivity contribution in [3.63, 3.8) is 0 Å². The van der Waals surface area contributed by atoms with Gasteiger partial charge in [-0.15, -0.1) is 0 Å². The van der Waals surface area contributed by atoms with E-state index in [0.717, 1.165) is 25.7 Å². The van der Waals surface area contributed by atoms with Gasteiger partial charge >= 0.3 is 6.18 Å². The Hall–Kier alpha value is -0.780. The lowest BCUT2D eigenvalue weighted by Crippen LogP contribution is -2.33. The van der Waals surface area contributed by atoms with Crippen LogP contribution in [-0.2, 0) is 0 Å². The van der Waals surface area contributed by atoms with E-state index >= 15 is 0 Å². The fourth-order valence-corrected chi connectivity index (χ4v) is 1.86. The molecule has 0 aliphatic heterocycles. The molecule has 3 nitrogen and oxygen atoms in total. The number of nitrogens with two attached hydrogens (primary N) is 1. The molecular weight excluding hydrogens is 219 g/mol. The lowest BCUT2D eigenvalue weighted by molar-refractivity contribution is -0.132. The monoisotopic (exact) mass is 237 g/mol. The Bertz CT molecular complexity index is 232. The Morgan fingerprint density at radius 2 is 1.88 bits per heavy atom. The molecule has 0 amide bonds. The highest BCUT2D eigenvalue weighted by Gasteiger charge is 2.27. The quantitative estimate of drug-likeness (QED) is 0.343. The van der Waals surface area contributed by atoms with Crippen LogP contribution in [0.5, 0.6) is 0 Å². The molecule has 0 spiro atoms. The number of rotatable bonds is 3. The van der Waals surface area contributed by atoms with Crippen molar-refractivity contribution in [2.24, 2.45) is 10.8 Å². The second-order valence-corrected chi connectivity index (χ2v) is 4.13. The molecule has 1 rings (SSSR count). The molecule has 94 valence electrons. The van der Waals surface area contributed by atoms with Gasteiger partial charge in [-0.1, -0.05) is 19.3 Å². The lowest BCUT2D eigenvalue weighted by Gasteiger charge is -2.19. The van der Waals surface area contributed by atoms with Crippen LogP contribution in [0.1, 0.15) is 44.9 Å². The van der Waals surface area contributed by atoms with Crippen LogP contribution in [0.2, 0.25) is 0 Å². The van der Waals surface area contributed by atoms with Gasteiger partial charge < -0.3 is 5.43 Å². The molecule has 6 heteroatoms. The summed E-state index contributed by atoms with van der Waals surface area (Å²) in [7, 11) is 0. The number of hydrogen-bond donors (Lipinski definition) is 2. The standard InChI is InChI=1S/C10H18F3N3/c11-10(12,13)7-6-9(16-14)15-8-4-2-1-3-5-8/h8H,1-7,14H2,(H,15,16). The third-order valence-corrected chi connectivity index (χ3v) is 2.72. The second kappa shape index (κ2) is 6.08. The number of hydrazine groups is 1. The Balaban J connectivity index is 2.42. The molecule has 0 bridgehead atoms. The number of nitrogens with one attached hydrogen (secondary N) is 1. The highest BCUT2D eigenvalue weighted by atomic mass is 19.4. The SMILES string of the molecule is NNC(CCC(F)(F)F)=NC1CCCCC1. The van der Waals surface area contributed by atoms with Crippen molar-refractivity contribution in [2.75, 3.05) is 0 Å². The largest absolute Gasteiger partial charge is 0.389 e. The Morgan fingerprint density at radius 1 is 1.25 bits per heavy atom. The van der Waals surface area contributed by atoms with Crippen LogP contribution in [0.3, 0.4) is 0 Å². The zero-order chi connectivity index (χ0) is 12.0. The van der Waals surface area contributed by atoms with Crippen LogP contribution in [0.25, 0.3) is 0 Å². The summed E-state index contributed by atoms with van der Waals surface area (Å²) in [5.74, 6) is 5.44. The molecule has 0 aromatic rings. The van der Waals surface area contributed by atoms with Gasteiger partial charge in [0.25, 0.3) is 0 Å². The molecule has 16 heavy (non-hydrogen) atoms. The third-order valence-electron chi connectivity index (χ3n) is 2.72. The number of aliphatic imine (C=N–C) groups is 1. The average molecular weight is 237 g/mol. The summed E-state index contributed by atoms with van der Waals surface area (Å²) in [6, 6.07) is 0.146. The Morgan fingerprint density at radius 3 is 2.38 bits per heavy atom. The summed E-state index contributed by atoms with van der Waals surface area (Å²) >= 11 is 0. The van der Waals surface area contributed by atoms with Crippen molar-refractivity contribution in [3.8, 4) is 0 Å². The lowest BCUT2D eigenvalue weighted by atomic mass is 9.96. The molecule has 0 aromatic carbocycles. The first-order valence-corrected chi connectivity index (χ1v) is 5.61. The third kappa shape index (κ3) is 5.34. The summed E-state index contributed by atoms with van der Waals surface area (Å²) in [5.41, 5.74) is 2.27. The zero-order valence-electron chi connectivity index (χ0n) is 9.19. The highest BCUT2D eigenvalue weighted by molar-refractivity contribution is 5.81. The van der Waals surface area contributed by atoms with Crippen molar-refractivity contribution >= 4 is 5.84 Å². The van der Waals surface area contributed by atoms with Crippen LogP contribution in [0.15, 0.2) is 4.99 Å². The van der Waals surface area contributed by atoms with Gasteiger partial charge in [0.15, 0.2) is 0 Å². The molecule has 1 aliphatic carbocycles. The van der Waals surface area contributed by atoms with Crippen LogP contribution >= 0.6 is 0 Å². The van der Waals surface area contributed by atoms with E-state index in [0.29, 0.717) is 0 Å². The number of nitrogens with zero attached hydrogens (tertiary/aromatic N) is 1. The van der Waals surface area contributed by atoms with Crippen LogP contribution in [-0.4, -0.2) is 18.1 Å². The van der Waals surface area contributed by atoms with E-state index in [2.05, 4.69) is 10.4 Å². The molecule has 1 saturated carbocycles. The maximum atomic E-state index is 12.0. The number of halogens is 3. The van der Waals surface area contributed by atoms with E-state index < -0.39 is 12.6 Å². The minimum absolute atomic E-state index is 0.146. The van der Waals surface area contributed by atoms with E-state index in [4.69, 9.17) is 5.84 Å². The van der Waals surface area contributed by atoms with E-state index in [9.17, 15) is 13.2 Å². The fourth-order valence-electron chi connectivity index (χ4n) is 1.86. The molecule has 0 heterocycles. The van der Waals surface area contributed by atoms with E-state index in [1.807, 2.05) is 0 Å². The van der Waals surface area contributed by atoms with E-state index in [1.54, 1.807) is 0 Å². The molecule has 0 saturated heterocycles. The molecule has 1 fully saturated rings. The van der Waals surface area contributed by atoms with Crippen molar-refractivity contribution in [1.82, 2.24) is 5.43 Å². The molecule has 0 unspecified atom stereocenters. The first kappa shape index (κ1) is 13.3. The molecule has 0 atom stereocenters. The predicted molar refractivity (Wildman–Crippen MR) is 56.9 cm³/mol. The molecule has 0 aromatic heterocycles. The maximum Gasteiger partial charge on any atom is 0.389 e. The second-order valence-electron chi connectivity index (χ2n) is 4.13.